The smallest absolute Gasteiger partial charge is 0.0974 e. The summed E-state index contributed by atoms with van der Waals surface area (Å²) < 4.78 is 0. The fourth-order valence-electron chi connectivity index (χ4n) is 3.22. The molecule has 1 aliphatic carbocycles. The van der Waals surface area contributed by atoms with Crippen molar-refractivity contribution in [2.24, 2.45) is 5.92 Å². The highest BCUT2D eigenvalue weighted by atomic mass is 16.3. The average Bonchev–Trinajstić information content (AvgIpc) is 2.95. The molecule has 2 aromatic rings. The second kappa shape index (κ2) is 4.53. The van der Waals surface area contributed by atoms with Gasteiger partial charge in [-0.05, 0) is 61.8 Å². The van der Waals surface area contributed by atoms with Crippen LogP contribution < -0.4 is 0 Å². The van der Waals surface area contributed by atoms with Gasteiger partial charge in [0.1, 0.15) is 0 Å². The van der Waals surface area contributed by atoms with E-state index in [1.807, 2.05) is 0 Å². The summed E-state index contributed by atoms with van der Waals surface area (Å²) in [6.07, 6.45) is 1.57. The topological polar surface area (TPSA) is 36.0 Å². The zero-order valence-corrected chi connectivity index (χ0v) is 11.8. The maximum Gasteiger partial charge on any atom is 0.0974 e. The fraction of sp³-hybridized carbons (Fsp3) is 0.412. The average molecular weight is 255 g/mol. The Kier molecular flexibility index (Phi) is 2.98. The summed E-state index contributed by atoms with van der Waals surface area (Å²) >= 11 is 0. The van der Waals surface area contributed by atoms with Gasteiger partial charge in [-0.25, -0.2) is 0 Å². The van der Waals surface area contributed by atoms with Gasteiger partial charge in [-0.1, -0.05) is 24.3 Å². The number of aromatic nitrogens is 1. The van der Waals surface area contributed by atoms with Crippen LogP contribution >= 0.6 is 0 Å². The van der Waals surface area contributed by atoms with E-state index >= 15 is 0 Å². The van der Waals surface area contributed by atoms with Gasteiger partial charge in [0.25, 0.3) is 0 Å². The van der Waals surface area contributed by atoms with Crippen LogP contribution in [0.3, 0.4) is 0 Å². The van der Waals surface area contributed by atoms with Crippen LogP contribution in [0.15, 0.2) is 24.3 Å². The summed E-state index contributed by atoms with van der Waals surface area (Å²) in [6.45, 7) is 6.28. The molecule has 0 saturated carbocycles. The number of fused-ring (bicyclic) bond motifs is 1. The molecule has 19 heavy (non-hydrogen) atoms. The minimum Gasteiger partial charge on any atom is -0.387 e. The number of hydrogen-bond acceptors (Lipinski definition) is 1. The van der Waals surface area contributed by atoms with Gasteiger partial charge in [0, 0.05) is 11.4 Å². The van der Waals surface area contributed by atoms with E-state index in [0.29, 0.717) is 5.92 Å². The number of aromatic amines is 1. The van der Waals surface area contributed by atoms with Crippen molar-refractivity contribution in [3.05, 3.63) is 57.9 Å². The molecule has 0 saturated heterocycles. The van der Waals surface area contributed by atoms with E-state index in [9.17, 15) is 5.11 Å². The van der Waals surface area contributed by atoms with Crippen molar-refractivity contribution >= 4 is 0 Å². The van der Waals surface area contributed by atoms with Gasteiger partial charge in [-0.15, -0.1) is 0 Å². The molecule has 0 spiro atoms. The van der Waals surface area contributed by atoms with Gasteiger partial charge in [0.2, 0.25) is 0 Å². The predicted octanol–water partition coefficient (Wildman–Crippen LogP) is 3.39. The number of aliphatic hydroxyl groups excluding tert-OH is 1. The van der Waals surface area contributed by atoms with Gasteiger partial charge >= 0.3 is 0 Å². The number of aliphatic hydroxyl groups is 1. The number of nitrogens with one attached hydrogen (secondary N) is 1. The monoisotopic (exact) mass is 255 g/mol. The molecule has 1 heterocycles. The van der Waals surface area contributed by atoms with Gasteiger partial charge in [0.05, 0.1) is 6.10 Å². The number of aryl methyl sites for hydroxylation is 1. The van der Waals surface area contributed by atoms with E-state index in [-0.39, 0.29) is 6.10 Å². The van der Waals surface area contributed by atoms with Crippen LogP contribution in [0.5, 0.6) is 0 Å². The molecule has 1 aliphatic rings. The Bertz CT molecular complexity index is 587. The molecule has 2 heteroatoms. The summed E-state index contributed by atoms with van der Waals surface area (Å²) in [7, 11) is 0. The highest BCUT2D eigenvalue weighted by Crippen LogP contribution is 2.36. The number of rotatable bonds is 2. The lowest BCUT2D eigenvalue weighted by Crippen LogP contribution is -2.14. The Balaban J connectivity index is 1.87. The van der Waals surface area contributed by atoms with Gasteiger partial charge in [-0.3, -0.25) is 0 Å². The summed E-state index contributed by atoms with van der Waals surface area (Å²) in [6, 6.07) is 8.53. The van der Waals surface area contributed by atoms with E-state index in [2.05, 4.69) is 50.0 Å². The Labute approximate surface area is 114 Å². The second-order valence-electron chi connectivity index (χ2n) is 5.80. The van der Waals surface area contributed by atoms with E-state index in [0.717, 1.165) is 18.5 Å². The molecular weight excluding hydrogens is 234 g/mol. The molecule has 0 fully saturated rings. The Morgan fingerprint density at radius 1 is 1.05 bits per heavy atom. The fourth-order valence-corrected chi connectivity index (χ4v) is 3.22. The minimum atomic E-state index is -0.389. The van der Waals surface area contributed by atoms with Crippen molar-refractivity contribution in [1.82, 2.24) is 4.98 Å². The maximum absolute atomic E-state index is 10.7. The van der Waals surface area contributed by atoms with Crippen molar-refractivity contribution < 1.29 is 5.11 Å². The van der Waals surface area contributed by atoms with E-state index in [1.54, 1.807) is 0 Å². The first-order valence-corrected chi connectivity index (χ1v) is 6.98. The van der Waals surface area contributed by atoms with Crippen LogP contribution in [0.1, 0.15) is 39.7 Å². The van der Waals surface area contributed by atoms with Gasteiger partial charge in [-0.2, -0.15) is 0 Å². The molecule has 2 nitrogen and oxygen atoms in total. The third-order valence-electron chi connectivity index (χ3n) is 4.68. The van der Waals surface area contributed by atoms with Crippen molar-refractivity contribution in [3.8, 4) is 0 Å². The van der Waals surface area contributed by atoms with Crippen molar-refractivity contribution in [3.63, 3.8) is 0 Å². The lowest BCUT2D eigenvalue weighted by Gasteiger charge is -2.17. The lowest BCUT2D eigenvalue weighted by atomic mass is 9.94. The summed E-state index contributed by atoms with van der Waals surface area (Å²) in [4.78, 5) is 3.37. The Hall–Kier alpha value is -1.54. The minimum absolute atomic E-state index is 0.300. The molecule has 1 unspecified atom stereocenters. The maximum atomic E-state index is 10.7. The Morgan fingerprint density at radius 3 is 2.11 bits per heavy atom. The second-order valence-corrected chi connectivity index (χ2v) is 5.80. The molecule has 1 aromatic carbocycles. The van der Waals surface area contributed by atoms with E-state index in [4.69, 9.17) is 0 Å². The van der Waals surface area contributed by atoms with Crippen LogP contribution in [0, 0.1) is 26.7 Å². The molecule has 100 valence electrons. The first-order chi connectivity index (χ1) is 9.08. The summed E-state index contributed by atoms with van der Waals surface area (Å²) in [5, 5.41) is 10.7. The standard InChI is InChI=1S/C17H21NO/c1-10-11(2)16(18-12(10)3)17(19)15-8-13-6-4-5-7-14(13)9-15/h4-7,15,17-19H,8-9H2,1-3H3. The number of H-pyrrole nitrogens is 1. The highest BCUT2D eigenvalue weighted by Gasteiger charge is 2.30. The molecule has 0 amide bonds. The molecule has 0 bridgehead atoms. The Morgan fingerprint density at radius 2 is 1.63 bits per heavy atom. The SMILES string of the molecule is Cc1[nH]c(C(O)C2Cc3ccccc3C2)c(C)c1C. The lowest BCUT2D eigenvalue weighted by molar-refractivity contribution is 0.109. The third-order valence-corrected chi connectivity index (χ3v) is 4.68. The molecule has 1 aromatic heterocycles. The zero-order chi connectivity index (χ0) is 13.6. The summed E-state index contributed by atoms with van der Waals surface area (Å²) in [5.41, 5.74) is 7.44. The van der Waals surface area contributed by atoms with Crippen molar-refractivity contribution in [1.29, 1.82) is 0 Å². The molecule has 1 atom stereocenters. The van der Waals surface area contributed by atoms with Crippen LogP contribution in [-0.4, -0.2) is 10.1 Å². The van der Waals surface area contributed by atoms with Gasteiger partial charge < -0.3 is 10.1 Å². The molecular formula is C17H21NO. The highest BCUT2D eigenvalue weighted by molar-refractivity contribution is 5.38. The van der Waals surface area contributed by atoms with Crippen LogP contribution in [0.2, 0.25) is 0 Å². The summed E-state index contributed by atoms with van der Waals surface area (Å²) in [5.74, 6) is 0.300. The van der Waals surface area contributed by atoms with E-state index < -0.39 is 0 Å². The van der Waals surface area contributed by atoms with E-state index in [1.165, 1.54) is 27.9 Å². The number of hydrogen-bond donors (Lipinski definition) is 2. The molecule has 0 radical (unpaired) electrons. The molecule has 3 rings (SSSR count). The number of benzene rings is 1. The molecule has 2 N–H and O–H groups in total. The molecule has 0 aliphatic heterocycles. The van der Waals surface area contributed by atoms with Crippen LogP contribution in [0.25, 0.3) is 0 Å². The normalized spacial score (nSPS) is 16.6. The van der Waals surface area contributed by atoms with Crippen LogP contribution in [0.4, 0.5) is 0 Å². The first kappa shape index (κ1) is 12.5. The largest absolute Gasteiger partial charge is 0.387 e. The van der Waals surface area contributed by atoms with Gasteiger partial charge in [0.15, 0.2) is 0 Å². The van der Waals surface area contributed by atoms with Crippen molar-refractivity contribution in [2.45, 2.75) is 39.7 Å². The first-order valence-electron chi connectivity index (χ1n) is 6.98. The predicted molar refractivity (Wildman–Crippen MR) is 77.3 cm³/mol. The zero-order valence-electron chi connectivity index (χ0n) is 11.8. The van der Waals surface area contributed by atoms with Crippen molar-refractivity contribution in [2.75, 3.05) is 0 Å². The van der Waals surface area contributed by atoms with Crippen LogP contribution in [-0.2, 0) is 12.8 Å². The third kappa shape index (κ3) is 2.00. The quantitative estimate of drug-likeness (QED) is 0.848.